The number of H-pyrrole nitrogens is 1. The summed E-state index contributed by atoms with van der Waals surface area (Å²) in [5, 5.41) is 6.77. The normalized spacial score (nSPS) is 10.9. The van der Waals surface area contributed by atoms with E-state index < -0.39 is 5.76 Å². The molecule has 0 aliphatic rings. The van der Waals surface area contributed by atoms with Gasteiger partial charge >= 0.3 is 5.76 Å². The van der Waals surface area contributed by atoms with Gasteiger partial charge in [-0.1, -0.05) is 12.1 Å². The monoisotopic (exact) mass is 246 g/mol. The topological polar surface area (TPSA) is 81.3 Å². The van der Waals surface area contributed by atoms with E-state index in [1.54, 1.807) is 6.07 Å². The van der Waals surface area contributed by atoms with Gasteiger partial charge in [-0.3, -0.25) is 0 Å². The number of furan rings is 1. The van der Waals surface area contributed by atoms with Crippen LogP contribution in [0.15, 0.2) is 37.9 Å². The Hall–Kier alpha value is -2.50. The minimum atomic E-state index is -0.615. The van der Waals surface area contributed by atoms with Crippen molar-refractivity contribution in [3.8, 4) is 17.4 Å². The fourth-order valence-corrected chi connectivity index (χ4v) is 1.75. The minimum Gasteiger partial charge on any atom is -0.490 e. The maximum atomic E-state index is 10.9. The van der Waals surface area contributed by atoms with Crippen LogP contribution >= 0.6 is 0 Å². The van der Waals surface area contributed by atoms with E-state index in [9.17, 15) is 4.79 Å². The van der Waals surface area contributed by atoms with Gasteiger partial charge in [0.2, 0.25) is 0 Å². The third kappa shape index (κ3) is 1.67. The average molecular weight is 246 g/mol. The second kappa shape index (κ2) is 4.06. The Morgan fingerprint density at radius 2 is 2.28 bits per heavy atom. The Morgan fingerprint density at radius 3 is 3.00 bits per heavy atom. The summed E-state index contributed by atoms with van der Waals surface area (Å²) in [6.45, 7) is 2.45. The number of fused-ring (bicyclic) bond motifs is 1. The fraction of sp³-hybridized carbons (Fsp3) is 0.167. The Labute approximate surface area is 101 Å². The molecule has 0 bridgehead atoms. The molecule has 6 nitrogen and oxygen atoms in total. The molecule has 1 aromatic carbocycles. The molecule has 0 saturated heterocycles. The first-order valence-corrected chi connectivity index (χ1v) is 5.49. The molecule has 0 aliphatic carbocycles. The lowest BCUT2D eigenvalue weighted by Gasteiger charge is -2.01. The van der Waals surface area contributed by atoms with Crippen LogP contribution < -0.4 is 10.5 Å². The van der Waals surface area contributed by atoms with Crippen molar-refractivity contribution >= 4 is 11.0 Å². The van der Waals surface area contributed by atoms with E-state index in [2.05, 4.69) is 10.2 Å². The van der Waals surface area contributed by atoms with E-state index in [1.165, 1.54) is 0 Å². The van der Waals surface area contributed by atoms with Crippen LogP contribution in [-0.2, 0) is 0 Å². The van der Waals surface area contributed by atoms with Crippen molar-refractivity contribution in [3.05, 3.63) is 34.8 Å². The molecule has 92 valence electrons. The van der Waals surface area contributed by atoms with Crippen molar-refractivity contribution in [2.75, 3.05) is 6.61 Å². The van der Waals surface area contributed by atoms with Crippen molar-refractivity contribution < 1.29 is 13.6 Å². The van der Waals surface area contributed by atoms with Gasteiger partial charge in [0.05, 0.1) is 6.61 Å². The number of benzene rings is 1. The van der Waals surface area contributed by atoms with Crippen LogP contribution in [0.4, 0.5) is 0 Å². The predicted molar refractivity (Wildman–Crippen MR) is 63.5 cm³/mol. The number of para-hydroxylation sites is 1. The van der Waals surface area contributed by atoms with Gasteiger partial charge in [0, 0.05) is 5.39 Å². The highest BCUT2D eigenvalue weighted by molar-refractivity contribution is 5.86. The minimum absolute atomic E-state index is 0.124. The summed E-state index contributed by atoms with van der Waals surface area (Å²) in [7, 11) is 0. The average Bonchev–Trinajstić information content (AvgIpc) is 2.95. The summed E-state index contributed by atoms with van der Waals surface area (Å²) < 4.78 is 15.9. The van der Waals surface area contributed by atoms with Gasteiger partial charge in [-0.15, -0.1) is 5.10 Å². The highest BCUT2D eigenvalue weighted by Gasteiger charge is 2.14. The van der Waals surface area contributed by atoms with Gasteiger partial charge in [-0.25, -0.2) is 9.89 Å². The van der Waals surface area contributed by atoms with Crippen molar-refractivity contribution in [3.63, 3.8) is 0 Å². The molecule has 1 N–H and O–H groups in total. The predicted octanol–water partition coefficient (Wildman–Crippen LogP) is 2.17. The SMILES string of the molecule is CCOc1cccc2cc(-c3n[nH]c(=O)o3)oc12. The summed E-state index contributed by atoms with van der Waals surface area (Å²) in [4.78, 5) is 10.9. The number of nitrogens with one attached hydrogen (secondary N) is 1. The number of nitrogens with zero attached hydrogens (tertiary/aromatic N) is 1. The number of ether oxygens (including phenoxy) is 1. The van der Waals surface area contributed by atoms with Crippen molar-refractivity contribution in [2.24, 2.45) is 0 Å². The van der Waals surface area contributed by atoms with Crippen LogP contribution in [0.3, 0.4) is 0 Å². The fourth-order valence-electron chi connectivity index (χ4n) is 1.75. The molecule has 0 unspecified atom stereocenters. The molecular formula is C12H10N2O4. The van der Waals surface area contributed by atoms with E-state index in [0.29, 0.717) is 23.7 Å². The lowest BCUT2D eigenvalue weighted by Crippen LogP contribution is -1.93. The van der Waals surface area contributed by atoms with Crippen LogP contribution in [0.2, 0.25) is 0 Å². The molecule has 3 rings (SSSR count). The molecule has 0 atom stereocenters. The van der Waals surface area contributed by atoms with Crippen molar-refractivity contribution in [1.29, 1.82) is 0 Å². The number of hydrogen-bond acceptors (Lipinski definition) is 5. The lowest BCUT2D eigenvalue weighted by atomic mass is 10.2. The molecule has 2 heterocycles. The van der Waals surface area contributed by atoms with Gasteiger partial charge in [0.1, 0.15) is 0 Å². The molecular weight excluding hydrogens is 236 g/mol. The van der Waals surface area contributed by atoms with Crippen LogP contribution in [0, 0.1) is 0 Å². The van der Waals surface area contributed by atoms with Crippen LogP contribution in [0.5, 0.6) is 5.75 Å². The Kier molecular flexibility index (Phi) is 2.40. The number of rotatable bonds is 3. The number of hydrogen-bond donors (Lipinski definition) is 1. The molecule has 0 aliphatic heterocycles. The van der Waals surface area contributed by atoms with E-state index in [4.69, 9.17) is 13.6 Å². The van der Waals surface area contributed by atoms with E-state index in [1.807, 2.05) is 25.1 Å². The summed E-state index contributed by atoms with van der Waals surface area (Å²) in [5.41, 5.74) is 0.611. The van der Waals surface area contributed by atoms with E-state index >= 15 is 0 Å². The van der Waals surface area contributed by atoms with Crippen LogP contribution in [0.25, 0.3) is 22.6 Å². The zero-order valence-corrected chi connectivity index (χ0v) is 9.60. The smallest absolute Gasteiger partial charge is 0.434 e. The summed E-state index contributed by atoms with van der Waals surface area (Å²) in [5.74, 6) is 0.545. The van der Waals surface area contributed by atoms with E-state index in [0.717, 1.165) is 5.39 Å². The van der Waals surface area contributed by atoms with Gasteiger partial charge in [-0.05, 0) is 19.1 Å². The molecule has 18 heavy (non-hydrogen) atoms. The Balaban J connectivity index is 2.16. The Bertz CT molecular complexity index is 738. The molecule has 0 fully saturated rings. The quantitative estimate of drug-likeness (QED) is 0.765. The second-order valence-corrected chi connectivity index (χ2v) is 3.64. The number of aromatic nitrogens is 2. The standard InChI is InChI=1S/C12H10N2O4/c1-2-16-8-5-3-4-7-6-9(17-10(7)8)11-13-14-12(15)18-11/h3-6H,2H2,1H3,(H,14,15). The van der Waals surface area contributed by atoms with Gasteiger partial charge in [0.15, 0.2) is 17.1 Å². The molecule has 3 aromatic rings. The molecule has 2 aromatic heterocycles. The van der Waals surface area contributed by atoms with Crippen molar-refractivity contribution in [1.82, 2.24) is 10.2 Å². The first kappa shape index (κ1) is 10.6. The maximum Gasteiger partial charge on any atom is 0.434 e. The molecule has 0 saturated carbocycles. The van der Waals surface area contributed by atoms with Gasteiger partial charge in [-0.2, -0.15) is 0 Å². The van der Waals surface area contributed by atoms with Crippen molar-refractivity contribution in [2.45, 2.75) is 6.92 Å². The third-order valence-corrected chi connectivity index (χ3v) is 2.46. The third-order valence-electron chi connectivity index (χ3n) is 2.46. The van der Waals surface area contributed by atoms with E-state index in [-0.39, 0.29) is 5.89 Å². The zero-order valence-electron chi connectivity index (χ0n) is 9.60. The lowest BCUT2D eigenvalue weighted by molar-refractivity contribution is 0.338. The summed E-state index contributed by atoms with van der Waals surface area (Å²) in [6, 6.07) is 7.32. The summed E-state index contributed by atoms with van der Waals surface area (Å²) in [6.07, 6.45) is 0. The Morgan fingerprint density at radius 1 is 1.39 bits per heavy atom. The first-order valence-electron chi connectivity index (χ1n) is 5.49. The van der Waals surface area contributed by atoms with Crippen LogP contribution in [0.1, 0.15) is 6.92 Å². The highest BCUT2D eigenvalue weighted by atomic mass is 16.5. The highest BCUT2D eigenvalue weighted by Crippen LogP contribution is 2.32. The van der Waals surface area contributed by atoms with Gasteiger partial charge < -0.3 is 13.6 Å². The van der Waals surface area contributed by atoms with Gasteiger partial charge in [0.25, 0.3) is 5.89 Å². The number of aromatic amines is 1. The van der Waals surface area contributed by atoms with Crippen LogP contribution in [-0.4, -0.2) is 16.8 Å². The second-order valence-electron chi connectivity index (χ2n) is 3.64. The first-order chi connectivity index (χ1) is 8.78. The molecule has 0 spiro atoms. The largest absolute Gasteiger partial charge is 0.490 e. The maximum absolute atomic E-state index is 10.9. The molecule has 0 radical (unpaired) electrons. The zero-order chi connectivity index (χ0) is 12.5. The molecule has 0 amide bonds. The molecule has 6 heteroatoms. The summed E-state index contributed by atoms with van der Waals surface area (Å²) >= 11 is 0.